The van der Waals surface area contributed by atoms with Crippen molar-refractivity contribution in [2.75, 3.05) is 19.6 Å². The Morgan fingerprint density at radius 2 is 2.15 bits per heavy atom. The molecule has 0 bridgehead atoms. The van der Waals surface area contributed by atoms with Crippen LogP contribution in [0, 0.1) is 12.8 Å². The first-order valence-electron chi connectivity index (χ1n) is 6.72. The minimum Gasteiger partial charge on any atom is -0.337 e. The minimum atomic E-state index is -3.43. The highest BCUT2D eigenvalue weighted by molar-refractivity contribution is 7.89. The van der Waals surface area contributed by atoms with Gasteiger partial charge in [-0.1, -0.05) is 0 Å². The Hall–Kier alpha value is -0.630. The van der Waals surface area contributed by atoms with Gasteiger partial charge in [-0.05, 0) is 32.2 Å². The third-order valence-electron chi connectivity index (χ3n) is 4.31. The summed E-state index contributed by atoms with van der Waals surface area (Å²) < 4.78 is 28.5. The van der Waals surface area contributed by atoms with Crippen LogP contribution in [0.5, 0.6) is 0 Å². The minimum absolute atomic E-state index is 0. The maximum Gasteiger partial charge on any atom is 0.262 e. The SMILES string of the molecule is Cc1nc(S(=O)(=O)N2CCC3NCCC3C2)cn1C.Cl. The summed E-state index contributed by atoms with van der Waals surface area (Å²) in [5.41, 5.74) is 0. The molecular formula is C12H21ClN4O2S. The van der Waals surface area contributed by atoms with E-state index in [1.807, 2.05) is 14.0 Å². The molecule has 114 valence electrons. The predicted octanol–water partition coefficient (Wildman–Crippen LogP) is 0.523. The average molecular weight is 321 g/mol. The van der Waals surface area contributed by atoms with Crippen LogP contribution in [0.15, 0.2) is 11.2 Å². The number of aryl methyl sites for hydroxylation is 2. The van der Waals surface area contributed by atoms with E-state index in [4.69, 9.17) is 0 Å². The van der Waals surface area contributed by atoms with Crippen molar-refractivity contribution in [2.24, 2.45) is 13.0 Å². The molecular weight excluding hydrogens is 300 g/mol. The zero-order chi connectivity index (χ0) is 13.6. The third-order valence-corrected chi connectivity index (χ3v) is 6.05. The van der Waals surface area contributed by atoms with Crippen molar-refractivity contribution >= 4 is 22.4 Å². The molecule has 2 aliphatic heterocycles. The molecule has 0 aromatic carbocycles. The maximum atomic E-state index is 12.6. The second-order valence-corrected chi connectivity index (χ2v) is 7.38. The van der Waals surface area contributed by atoms with Crippen molar-refractivity contribution in [3.63, 3.8) is 0 Å². The van der Waals surface area contributed by atoms with Gasteiger partial charge in [-0.3, -0.25) is 0 Å². The number of aromatic nitrogens is 2. The molecule has 2 unspecified atom stereocenters. The monoisotopic (exact) mass is 320 g/mol. The van der Waals surface area contributed by atoms with Gasteiger partial charge in [0.1, 0.15) is 5.82 Å². The van der Waals surface area contributed by atoms with Crippen LogP contribution in [0.3, 0.4) is 0 Å². The molecule has 20 heavy (non-hydrogen) atoms. The fraction of sp³-hybridized carbons (Fsp3) is 0.750. The Bertz CT molecular complexity index is 567. The average Bonchev–Trinajstić information content (AvgIpc) is 2.96. The molecule has 1 aromatic heterocycles. The van der Waals surface area contributed by atoms with Crippen molar-refractivity contribution in [3.8, 4) is 0 Å². The smallest absolute Gasteiger partial charge is 0.262 e. The van der Waals surface area contributed by atoms with Crippen molar-refractivity contribution in [1.82, 2.24) is 19.2 Å². The van der Waals surface area contributed by atoms with Crippen molar-refractivity contribution in [1.29, 1.82) is 0 Å². The lowest BCUT2D eigenvalue weighted by Gasteiger charge is -2.33. The largest absolute Gasteiger partial charge is 0.337 e. The molecule has 3 rings (SSSR count). The lowest BCUT2D eigenvalue weighted by Crippen LogP contribution is -2.46. The number of piperidine rings is 1. The van der Waals surface area contributed by atoms with Crippen molar-refractivity contribution < 1.29 is 8.42 Å². The fourth-order valence-electron chi connectivity index (χ4n) is 3.02. The Kier molecular flexibility index (Phi) is 4.44. The highest BCUT2D eigenvalue weighted by Crippen LogP contribution is 2.28. The third kappa shape index (κ3) is 2.59. The Morgan fingerprint density at radius 1 is 1.40 bits per heavy atom. The number of nitrogens with zero attached hydrogens (tertiary/aromatic N) is 3. The first-order chi connectivity index (χ1) is 8.98. The summed E-state index contributed by atoms with van der Waals surface area (Å²) in [4.78, 5) is 4.16. The summed E-state index contributed by atoms with van der Waals surface area (Å²) in [5, 5.41) is 3.62. The Labute approximate surface area is 126 Å². The molecule has 2 fully saturated rings. The quantitative estimate of drug-likeness (QED) is 0.863. The highest BCUT2D eigenvalue weighted by atomic mass is 35.5. The van der Waals surface area contributed by atoms with Crippen molar-refractivity contribution in [3.05, 3.63) is 12.0 Å². The topological polar surface area (TPSA) is 67.2 Å². The summed E-state index contributed by atoms with van der Waals surface area (Å²) in [6.45, 7) is 4.03. The van der Waals surface area contributed by atoms with Crippen LogP contribution < -0.4 is 5.32 Å². The van der Waals surface area contributed by atoms with Crippen molar-refractivity contribution in [2.45, 2.75) is 30.8 Å². The number of hydrogen-bond acceptors (Lipinski definition) is 4. The molecule has 3 heterocycles. The van der Waals surface area contributed by atoms with Crippen LogP contribution in [0.25, 0.3) is 0 Å². The van der Waals surface area contributed by atoms with E-state index < -0.39 is 10.0 Å². The van der Waals surface area contributed by atoms with Crippen LogP contribution in [0.2, 0.25) is 0 Å². The predicted molar refractivity (Wildman–Crippen MR) is 78.5 cm³/mol. The van der Waals surface area contributed by atoms with Gasteiger partial charge >= 0.3 is 0 Å². The van der Waals surface area contributed by atoms with Gasteiger partial charge < -0.3 is 9.88 Å². The molecule has 6 nitrogen and oxygen atoms in total. The molecule has 2 saturated heterocycles. The van der Waals surface area contributed by atoms with Crippen LogP contribution in [0.1, 0.15) is 18.7 Å². The van der Waals surface area contributed by atoms with E-state index in [1.54, 1.807) is 15.1 Å². The number of rotatable bonds is 2. The second kappa shape index (κ2) is 5.63. The zero-order valence-corrected chi connectivity index (χ0v) is 13.4. The molecule has 0 saturated carbocycles. The highest BCUT2D eigenvalue weighted by Gasteiger charge is 2.38. The van der Waals surface area contributed by atoms with Crippen LogP contribution in [-0.2, 0) is 17.1 Å². The summed E-state index contributed by atoms with van der Waals surface area (Å²) in [6, 6.07) is 0.497. The van der Waals surface area contributed by atoms with Crippen LogP contribution in [0.4, 0.5) is 0 Å². The molecule has 0 spiro atoms. The number of imidazole rings is 1. The van der Waals surface area contributed by atoms with E-state index in [1.165, 1.54) is 0 Å². The normalized spacial score (nSPS) is 27.1. The van der Waals surface area contributed by atoms with E-state index in [-0.39, 0.29) is 17.4 Å². The van der Waals surface area contributed by atoms with Crippen LogP contribution >= 0.6 is 12.4 Å². The van der Waals surface area contributed by atoms with Gasteiger partial charge in [-0.15, -0.1) is 12.4 Å². The first-order valence-corrected chi connectivity index (χ1v) is 8.16. The molecule has 8 heteroatoms. The first kappa shape index (κ1) is 15.8. The lowest BCUT2D eigenvalue weighted by molar-refractivity contribution is 0.246. The summed E-state index contributed by atoms with van der Waals surface area (Å²) >= 11 is 0. The number of fused-ring (bicyclic) bond motifs is 1. The molecule has 2 aliphatic rings. The molecule has 0 aliphatic carbocycles. The molecule has 2 atom stereocenters. The number of nitrogens with one attached hydrogen (secondary N) is 1. The number of sulfonamides is 1. The molecule has 1 N–H and O–H groups in total. The fourth-order valence-corrected chi connectivity index (χ4v) is 4.55. The second-order valence-electron chi connectivity index (χ2n) is 5.50. The van der Waals surface area contributed by atoms with Gasteiger partial charge in [0, 0.05) is 32.4 Å². The van der Waals surface area contributed by atoms with Gasteiger partial charge in [0.2, 0.25) is 0 Å². The molecule has 1 aromatic rings. The van der Waals surface area contributed by atoms with E-state index in [9.17, 15) is 8.42 Å². The molecule has 0 amide bonds. The van der Waals surface area contributed by atoms with E-state index in [0.717, 1.165) is 25.2 Å². The summed E-state index contributed by atoms with van der Waals surface area (Å²) in [6.07, 6.45) is 3.57. The van der Waals surface area contributed by atoms with Gasteiger partial charge in [-0.25, -0.2) is 13.4 Å². The number of hydrogen-bond donors (Lipinski definition) is 1. The number of halogens is 1. The van der Waals surface area contributed by atoms with E-state index >= 15 is 0 Å². The standard InChI is InChI=1S/C12H20N4O2S.ClH/c1-9-14-12(8-15(9)2)19(17,18)16-6-4-11-10(7-16)3-5-13-11;/h8,10-11,13H,3-7H2,1-2H3;1H. The summed E-state index contributed by atoms with van der Waals surface area (Å²) in [7, 11) is -1.61. The lowest BCUT2D eigenvalue weighted by atomic mass is 9.95. The van der Waals surface area contributed by atoms with Gasteiger partial charge in [0.25, 0.3) is 10.0 Å². The van der Waals surface area contributed by atoms with Gasteiger partial charge in [0.05, 0.1) is 0 Å². The Balaban J connectivity index is 0.00000147. The van der Waals surface area contributed by atoms with Crippen LogP contribution in [-0.4, -0.2) is 48.0 Å². The molecule has 0 radical (unpaired) electrons. The Morgan fingerprint density at radius 3 is 2.80 bits per heavy atom. The maximum absolute atomic E-state index is 12.6. The zero-order valence-electron chi connectivity index (χ0n) is 11.7. The summed E-state index contributed by atoms with van der Waals surface area (Å²) in [5.74, 6) is 1.17. The van der Waals surface area contributed by atoms with Gasteiger partial charge in [-0.2, -0.15) is 4.31 Å². The van der Waals surface area contributed by atoms with E-state index in [2.05, 4.69) is 10.3 Å². The van der Waals surface area contributed by atoms with E-state index in [0.29, 0.717) is 25.0 Å². The van der Waals surface area contributed by atoms with Gasteiger partial charge in [0.15, 0.2) is 5.03 Å².